The normalized spacial score (nSPS) is 14.0. The topological polar surface area (TPSA) is 130 Å². The second kappa shape index (κ2) is 7.34. The SMILES string of the molecule is CNS(=O)(=O)c1cccc(NC(=O)C(C)NC(=O)[C@@H](C)N)c1. The molecule has 1 aromatic carbocycles. The van der Waals surface area contributed by atoms with Gasteiger partial charge >= 0.3 is 0 Å². The van der Waals surface area contributed by atoms with E-state index in [4.69, 9.17) is 5.73 Å². The highest BCUT2D eigenvalue weighted by atomic mass is 32.2. The molecule has 0 radical (unpaired) electrons. The molecule has 0 saturated heterocycles. The molecule has 2 amide bonds. The predicted octanol–water partition coefficient (Wildman–Crippen LogP) is -0.615. The first-order valence-corrected chi connectivity index (χ1v) is 8.06. The van der Waals surface area contributed by atoms with Gasteiger partial charge in [-0.05, 0) is 39.1 Å². The van der Waals surface area contributed by atoms with Gasteiger partial charge in [0.25, 0.3) is 0 Å². The van der Waals surface area contributed by atoms with E-state index in [1.165, 1.54) is 39.1 Å². The summed E-state index contributed by atoms with van der Waals surface area (Å²) in [6.07, 6.45) is 0. The molecular weight excluding hydrogens is 308 g/mol. The first kappa shape index (κ1) is 18.1. The summed E-state index contributed by atoms with van der Waals surface area (Å²) in [5, 5.41) is 4.98. The maximum atomic E-state index is 12.0. The highest BCUT2D eigenvalue weighted by Gasteiger charge is 2.18. The Balaban J connectivity index is 2.81. The van der Waals surface area contributed by atoms with Gasteiger partial charge in [0, 0.05) is 5.69 Å². The Labute approximate surface area is 129 Å². The lowest BCUT2D eigenvalue weighted by molar-refractivity contribution is -0.126. The summed E-state index contributed by atoms with van der Waals surface area (Å²) in [5.74, 6) is -0.929. The summed E-state index contributed by atoms with van der Waals surface area (Å²) in [6.45, 7) is 3.01. The van der Waals surface area contributed by atoms with Gasteiger partial charge in [-0.2, -0.15) is 0 Å². The molecule has 1 aromatic rings. The fourth-order valence-corrected chi connectivity index (χ4v) is 2.30. The van der Waals surface area contributed by atoms with Gasteiger partial charge in [-0.3, -0.25) is 9.59 Å². The van der Waals surface area contributed by atoms with Crippen molar-refractivity contribution in [2.75, 3.05) is 12.4 Å². The Hall–Kier alpha value is -1.97. The number of hydrogen-bond donors (Lipinski definition) is 4. The van der Waals surface area contributed by atoms with Crippen molar-refractivity contribution in [3.05, 3.63) is 24.3 Å². The van der Waals surface area contributed by atoms with Crippen LogP contribution < -0.4 is 21.1 Å². The molecule has 0 fully saturated rings. The third-order valence-corrected chi connectivity index (χ3v) is 4.26. The monoisotopic (exact) mass is 328 g/mol. The lowest BCUT2D eigenvalue weighted by Gasteiger charge is -2.15. The molecule has 122 valence electrons. The number of hydrogen-bond acceptors (Lipinski definition) is 5. The van der Waals surface area contributed by atoms with Gasteiger partial charge in [0.05, 0.1) is 10.9 Å². The van der Waals surface area contributed by atoms with Gasteiger partial charge in [-0.1, -0.05) is 6.07 Å². The van der Waals surface area contributed by atoms with Crippen LogP contribution in [0.5, 0.6) is 0 Å². The third kappa shape index (κ3) is 4.79. The van der Waals surface area contributed by atoms with Crippen molar-refractivity contribution in [2.24, 2.45) is 5.73 Å². The van der Waals surface area contributed by atoms with Crippen LogP contribution >= 0.6 is 0 Å². The van der Waals surface area contributed by atoms with Crippen molar-refractivity contribution in [1.29, 1.82) is 0 Å². The number of benzene rings is 1. The fourth-order valence-electron chi connectivity index (χ4n) is 1.52. The molecule has 0 bridgehead atoms. The maximum Gasteiger partial charge on any atom is 0.246 e. The van der Waals surface area contributed by atoms with Gasteiger partial charge in [-0.25, -0.2) is 13.1 Å². The number of amides is 2. The summed E-state index contributed by atoms with van der Waals surface area (Å²) in [5.41, 5.74) is 5.71. The number of carbonyl (C=O) groups excluding carboxylic acids is 2. The van der Waals surface area contributed by atoms with Crippen LogP contribution in [0.4, 0.5) is 5.69 Å². The van der Waals surface area contributed by atoms with E-state index < -0.39 is 33.9 Å². The Kier molecular flexibility index (Phi) is 6.03. The molecule has 8 nitrogen and oxygen atoms in total. The van der Waals surface area contributed by atoms with Crippen LogP contribution in [0.2, 0.25) is 0 Å². The van der Waals surface area contributed by atoms with Crippen molar-refractivity contribution in [2.45, 2.75) is 30.8 Å². The average Bonchev–Trinajstić information content (AvgIpc) is 2.47. The molecular formula is C13H20N4O4S. The van der Waals surface area contributed by atoms with Gasteiger partial charge in [0.2, 0.25) is 21.8 Å². The molecule has 0 heterocycles. The van der Waals surface area contributed by atoms with E-state index in [2.05, 4.69) is 15.4 Å². The van der Waals surface area contributed by atoms with Crippen LogP contribution in [0.15, 0.2) is 29.2 Å². The van der Waals surface area contributed by atoms with Crippen LogP contribution in [0, 0.1) is 0 Å². The number of nitrogens with one attached hydrogen (secondary N) is 3. The number of anilines is 1. The zero-order chi connectivity index (χ0) is 16.9. The van der Waals surface area contributed by atoms with Crippen molar-refractivity contribution in [1.82, 2.24) is 10.0 Å². The molecule has 0 aliphatic carbocycles. The Morgan fingerprint density at radius 1 is 1.18 bits per heavy atom. The van der Waals surface area contributed by atoms with E-state index in [1.807, 2.05) is 0 Å². The lowest BCUT2D eigenvalue weighted by Crippen LogP contribution is -2.47. The van der Waals surface area contributed by atoms with E-state index in [1.54, 1.807) is 6.07 Å². The van der Waals surface area contributed by atoms with E-state index in [0.717, 1.165) is 0 Å². The number of nitrogens with two attached hydrogens (primary N) is 1. The number of carbonyl (C=O) groups is 2. The smallest absolute Gasteiger partial charge is 0.246 e. The van der Waals surface area contributed by atoms with Crippen LogP contribution in [-0.2, 0) is 19.6 Å². The summed E-state index contributed by atoms with van der Waals surface area (Å²) in [7, 11) is -2.30. The zero-order valence-electron chi connectivity index (χ0n) is 12.6. The van der Waals surface area contributed by atoms with E-state index in [-0.39, 0.29) is 4.90 Å². The average molecular weight is 328 g/mol. The molecule has 9 heteroatoms. The van der Waals surface area contributed by atoms with E-state index >= 15 is 0 Å². The van der Waals surface area contributed by atoms with Crippen LogP contribution in [-0.4, -0.2) is 39.4 Å². The first-order valence-electron chi connectivity index (χ1n) is 6.58. The molecule has 1 rings (SSSR count). The summed E-state index contributed by atoms with van der Waals surface area (Å²) < 4.78 is 25.6. The molecule has 1 unspecified atom stereocenters. The van der Waals surface area contributed by atoms with E-state index in [0.29, 0.717) is 5.69 Å². The van der Waals surface area contributed by atoms with Gasteiger partial charge < -0.3 is 16.4 Å². The summed E-state index contributed by atoms with van der Waals surface area (Å²) in [4.78, 5) is 23.4. The largest absolute Gasteiger partial charge is 0.343 e. The second-order valence-corrected chi connectivity index (χ2v) is 6.63. The molecule has 0 aromatic heterocycles. The maximum absolute atomic E-state index is 12.0. The minimum atomic E-state index is -3.59. The Morgan fingerprint density at radius 2 is 1.82 bits per heavy atom. The second-order valence-electron chi connectivity index (χ2n) is 4.74. The highest BCUT2D eigenvalue weighted by molar-refractivity contribution is 7.89. The lowest BCUT2D eigenvalue weighted by atomic mass is 10.2. The summed E-state index contributed by atoms with van der Waals surface area (Å²) in [6, 6.07) is 4.26. The van der Waals surface area contributed by atoms with Crippen molar-refractivity contribution in [3.8, 4) is 0 Å². The van der Waals surface area contributed by atoms with Crippen LogP contribution in [0.25, 0.3) is 0 Å². The van der Waals surface area contributed by atoms with E-state index in [9.17, 15) is 18.0 Å². The van der Waals surface area contributed by atoms with Crippen molar-refractivity contribution in [3.63, 3.8) is 0 Å². The zero-order valence-corrected chi connectivity index (χ0v) is 13.4. The first-order chi connectivity index (χ1) is 10.2. The van der Waals surface area contributed by atoms with Crippen molar-refractivity contribution < 1.29 is 18.0 Å². The molecule has 0 aliphatic heterocycles. The Bertz CT molecular complexity index is 658. The standard InChI is InChI=1S/C13H20N4O4S/c1-8(14)12(18)16-9(2)13(19)17-10-5-4-6-11(7-10)22(20,21)15-3/h4-9,15H,14H2,1-3H3,(H,16,18)(H,17,19)/t8-,9?/m1/s1. The molecule has 0 spiro atoms. The minimum Gasteiger partial charge on any atom is -0.343 e. The van der Waals surface area contributed by atoms with Gasteiger partial charge in [-0.15, -0.1) is 0 Å². The van der Waals surface area contributed by atoms with Gasteiger partial charge in [0.15, 0.2) is 0 Å². The molecule has 0 aliphatic rings. The number of rotatable bonds is 6. The highest BCUT2D eigenvalue weighted by Crippen LogP contribution is 2.15. The van der Waals surface area contributed by atoms with Crippen LogP contribution in [0.1, 0.15) is 13.8 Å². The van der Waals surface area contributed by atoms with Crippen molar-refractivity contribution >= 4 is 27.5 Å². The third-order valence-electron chi connectivity index (χ3n) is 2.85. The molecule has 0 saturated carbocycles. The number of sulfonamides is 1. The molecule has 22 heavy (non-hydrogen) atoms. The van der Waals surface area contributed by atoms with Crippen LogP contribution in [0.3, 0.4) is 0 Å². The summed E-state index contributed by atoms with van der Waals surface area (Å²) >= 11 is 0. The fraction of sp³-hybridized carbons (Fsp3) is 0.385. The molecule has 2 atom stereocenters. The predicted molar refractivity (Wildman–Crippen MR) is 82.6 cm³/mol. The van der Waals surface area contributed by atoms with Gasteiger partial charge in [0.1, 0.15) is 6.04 Å². The minimum absolute atomic E-state index is 0.0278. The molecule has 5 N–H and O–H groups in total. The quantitative estimate of drug-likeness (QED) is 0.553. The Morgan fingerprint density at radius 3 is 2.36 bits per heavy atom.